The summed E-state index contributed by atoms with van der Waals surface area (Å²) in [5.74, 6) is -3.14. The number of aromatic amines is 1. The van der Waals surface area contributed by atoms with Crippen LogP contribution in [0.3, 0.4) is 0 Å². The van der Waals surface area contributed by atoms with Crippen LogP contribution in [0.15, 0.2) is 54.7 Å². The van der Waals surface area contributed by atoms with Crippen molar-refractivity contribution in [2.45, 2.75) is 64.2 Å². The molecule has 11 nitrogen and oxygen atoms in total. The highest BCUT2D eigenvalue weighted by Crippen LogP contribution is 2.20. The maximum atomic E-state index is 13.7. The summed E-state index contributed by atoms with van der Waals surface area (Å²) in [7, 11) is 0. The highest BCUT2D eigenvalue weighted by Gasteiger charge is 2.31. The SMILES string of the molecule is CCC(C)C(N)C(=O)NC(Cc1c[nH]c2ccccc12)C(=O)NC(Cc1ccc(O)cc1)C(=O)NC(C)C(=O)O. The molecule has 3 amide bonds. The Bertz CT molecular complexity index is 1340. The van der Waals surface area contributed by atoms with Gasteiger partial charge in [0.25, 0.3) is 0 Å². The van der Waals surface area contributed by atoms with E-state index in [1.54, 1.807) is 18.3 Å². The zero-order chi connectivity index (χ0) is 29.4. The summed E-state index contributed by atoms with van der Waals surface area (Å²) in [5, 5.41) is 27.6. The minimum atomic E-state index is -1.23. The molecule has 0 radical (unpaired) electrons. The van der Waals surface area contributed by atoms with E-state index in [0.29, 0.717) is 12.0 Å². The number of aliphatic carboxylic acids is 1. The minimum absolute atomic E-state index is 0.0182. The molecule has 0 aliphatic rings. The zero-order valence-electron chi connectivity index (χ0n) is 22.8. The van der Waals surface area contributed by atoms with Crippen LogP contribution in [-0.4, -0.2) is 63.1 Å². The summed E-state index contributed by atoms with van der Waals surface area (Å²) in [4.78, 5) is 54.3. The number of hydrogen-bond acceptors (Lipinski definition) is 6. The lowest BCUT2D eigenvalue weighted by Crippen LogP contribution is -2.58. The van der Waals surface area contributed by atoms with Gasteiger partial charge in [-0.1, -0.05) is 50.6 Å². The number of amides is 3. The zero-order valence-corrected chi connectivity index (χ0v) is 22.8. The van der Waals surface area contributed by atoms with Crippen molar-refractivity contribution in [2.24, 2.45) is 11.7 Å². The fraction of sp³-hybridized carbons (Fsp3) is 0.379. The monoisotopic (exact) mass is 551 g/mol. The van der Waals surface area contributed by atoms with Crippen LogP contribution in [-0.2, 0) is 32.0 Å². The molecule has 11 heteroatoms. The second-order valence-electron chi connectivity index (χ2n) is 10.0. The van der Waals surface area contributed by atoms with Gasteiger partial charge >= 0.3 is 5.97 Å². The van der Waals surface area contributed by atoms with Crippen molar-refractivity contribution in [1.82, 2.24) is 20.9 Å². The number of phenolic OH excluding ortho intramolecular Hbond substituents is 1. The molecule has 0 aliphatic heterocycles. The second kappa shape index (κ2) is 13.6. The molecule has 0 fully saturated rings. The number of nitrogens with two attached hydrogens (primary N) is 1. The summed E-state index contributed by atoms with van der Waals surface area (Å²) < 4.78 is 0. The minimum Gasteiger partial charge on any atom is -0.508 e. The molecule has 1 heterocycles. The molecule has 5 atom stereocenters. The van der Waals surface area contributed by atoms with Crippen LogP contribution in [0, 0.1) is 5.92 Å². The van der Waals surface area contributed by atoms with Gasteiger partial charge in [-0.05, 0) is 42.2 Å². The number of hydrogen-bond donors (Lipinski definition) is 7. The van der Waals surface area contributed by atoms with Crippen LogP contribution in [0.5, 0.6) is 5.75 Å². The first-order chi connectivity index (χ1) is 19.0. The van der Waals surface area contributed by atoms with E-state index >= 15 is 0 Å². The van der Waals surface area contributed by atoms with Crippen LogP contribution < -0.4 is 21.7 Å². The van der Waals surface area contributed by atoms with E-state index in [1.807, 2.05) is 38.1 Å². The molecule has 2 aromatic carbocycles. The number of carbonyl (C=O) groups excluding carboxylic acids is 3. The van der Waals surface area contributed by atoms with Gasteiger partial charge in [0, 0.05) is 29.9 Å². The molecular weight excluding hydrogens is 514 g/mol. The van der Waals surface area contributed by atoms with E-state index in [9.17, 15) is 29.4 Å². The van der Waals surface area contributed by atoms with Gasteiger partial charge in [-0.2, -0.15) is 0 Å². The number of H-pyrrole nitrogens is 1. The van der Waals surface area contributed by atoms with E-state index in [-0.39, 0.29) is 24.5 Å². The molecule has 5 unspecified atom stereocenters. The lowest BCUT2D eigenvalue weighted by molar-refractivity contribution is -0.141. The van der Waals surface area contributed by atoms with E-state index in [2.05, 4.69) is 20.9 Å². The largest absolute Gasteiger partial charge is 0.508 e. The summed E-state index contributed by atoms with van der Waals surface area (Å²) in [6.45, 7) is 5.08. The lowest BCUT2D eigenvalue weighted by Gasteiger charge is -2.26. The topological polar surface area (TPSA) is 187 Å². The third-order valence-corrected chi connectivity index (χ3v) is 7.03. The first-order valence-corrected chi connectivity index (χ1v) is 13.2. The van der Waals surface area contributed by atoms with Crippen LogP contribution in [0.1, 0.15) is 38.3 Å². The Labute approximate surface area is 232 Å². The number of aromatic hydroxyl groups is 1. The number of carboxylic acid groups (broad SMARTS) is 1. The average Bonchev–Trinajstić information content (AvgIpc) is 3.34. The Morgan fingerprint density at radius 2 is 1.48 bits per heavy atom. The quantitative estimate of drug-likeness (QED) is 0.168. The molecule has 0 spiro atoms. The Hall–Kier alpha value is -4.38. The molecule has 0 saturated heterocycles. The summed E-state index contributed by atoms with van der Waals surface area (Å²) in [6.07, 6.45) is 2.57. The van der Waals surface area contributed by atoms with Gasteiger partial charge in [0.15, 0.2) is 0 Å². The van der Waals surface area contributed by atoms with Crippen molar-refractivity contribution in [1.29, 1.82) is 0 Å². The number of rotatable bonds is 13. The van der Waals surface area contributed by atoms with Crippen molar-refractivity contribution in [3.8, 4) is 5.75 Å². The molecular formula is C29H37N5O6. The first kappa shape index (κ1) is 30.2. The number of nitrogens with one attached hydrogen (secondary N) is 4. The smallest absolute Gasteiger partial charge is 0.325 e. The molecule has 0 bridgehead atoms. The maximum absolute atomic E-state index is 13.7. The highest BCUT2D eigenvalue weighted by atomic mass is 16.4. The van der Waals surface area contributed by atoms with E-state index < -0.39 is 47.9 Å². The van der Waals surface area contributed by atoms with E-state index in [4.69, 9.17) is 5.73 Å². The standard InChI is InChI=1S/C29H37N5O6/c1-4-16(2)25(30)28(38)34-24(14-19-15-31-22-8-6-5-7-21(19)22)27(37)33-23(26(36)32-17(3)29(39)40)13-18-9-11-20(35)12-10-18/h5-12,15-17,23-25,31,35H,4,13-14,30H2,1-3H3,(H,32,36)(H,33,37)(H,34,38)(H,39,40). The molecule has 40 heavy (non-hydrogen) atoms. The van der Waals surface area contributed by atoms with E-state index in [1.165, 1.54) is 19.1 Å². The van der Waals surface area contributed by atoms with Gasteiger partial charge in [-0.15, -0.1) is 0 Å². The number of fused-ring (bicyclic) bond motifs is 1. The van der Waals surface area contributed by atoms with Crippen LogP contribution in [0.4, 0.5) is 0 Å². The average molecular weight is 552 g/mol. The van der Waals surface area contributed by atoms with Crippen molar-refractivity contribution in [3.05, 3.63) is 65.9 Å². The number of carboxylic acids is 1. The van der Waals surface area contributed by atoms with Gasteiger partial charge in [-0.25, -0.2) is 0 Å². The molecule has 8 N–H and O–H groups in total. The Morgan fingerprint density at radius 1 is 0.875 bits per heavy atom. The van der Waals surface area contributed by atoms with Crippen LogP contribution in [0.2, 0.25) is 0 Å². The van der Waals surface area contributed by atoms with Crippen molar-refractivity contribution >= 4 is 34.6 Å². The molecule has 3 rings (SSSR count). The maximum Gasteiger partial charge on any atom is 0.325 e. The van der Waals surface area contributed by atoms with Crippen LogP contribution in [0.25, 0.3) is 10.9 Å². The number of carbonyl (C=O) groups is 4. The highest BCUT2D eigenvalue weighted by molar-refractivity contribution is 5.95. The Balaban J connectivity index is 1.89. The first-order valence-electron chi connectivity index (χ1n) is 13.2. The van der Waals surface area contributed by atoms with Gasteiger partial charge in [0.05, 0.1) is 6.04 Å². The number of phenols is 1. The second-order valence-corrected chi connectivity index (χ2v) is 10.0. The van der Waals surface area contributed by atoms with Crippen molar-refractivity contribution < 1.29 is 29.4 Å². The van der Waals surface area contributed by atoms with Crippen molar-refractivity contribution in [2.75, 3.05) is 0 Å². The number of para-hydroxylation sites is 1. The molecule has 214 valence electrons. The molecule has 1 aromatic heterocycles. The Morgan fingerprint density at radius 3 is 2.12 bits per heavy atom. The normalized spacial score (nSPS) is 14.9. The lowest BCUT2D eigenvalue weighted by atomic mass is 9.98. The number of benzene rings is 2. The molecule has 0 saturated carbocycles. The van der Waals surface area contributed by atoms with E-state index in [0.717, 1.165) is 16.5 Å². The van der Waals surface area contributed by atoms with Gasteiger partial charge in [0.1, 0.15) is 23.9 Å². The van der Waals surface area contributed by atoms with Crippen LogP contribution >= 0.6 is 0 Å². The molecule has 0 aliphatic carbocycles. The van der Waals surface area contributed by atoms with Gasteiger partial charge in [-0.3, -0.25) is 19.2 Å². The summed E-state index contributed by atoms with van der Waals surface area (Å²) in [6, 6.07) is 9.36. The third kappa shape index (κ3) is 7.82. The third-order valence-electron chi connectivity index (χ3n) is 7.03. The molecule has 3 aromatic rings. The Kier molecular flexibility index (Phi) is 10.3. The predicted octanol–water partition coefficient (Wildman–Crippen LogP) is 1.59. The predicted molar refractivity (Wildman–Crippen MR) is 150 cm³/mol. The summed E-state index contributed by atoms with van der Waals surface area (Å²) in [5.41, 5.74) is 8.41. The fourth-order valence-electron chi connectivity index (χ4n) is 4.24. The van der Waals surface area contributed by atoms with Crippen molar-refractivity contribution in [3.63, 3.8) is 0 Å². The van der Waals surface area contributed by atoms with Gasteiger partial charge < -0.3 is 36.9 Å². The van der Waals surface area contributed by atoms with Gasteiger partial charge in [0.2, 0.25) is 17.7 Å². The number of aromatic nitrogens is 1. The summed E-state index contributed by atoms with van der Waals surface area (Å²) >= 11 is 0. The fourth-order valence-corrected chi connectivity index (χ4v) is 4.24.